The smallest absolute Gasteiger partial charge is 0.396 e. The van der Waals surface area contributed by atoms with Gasteiger partial charge in [-0.15, -0.1) is 0 Å². The number of hydrogen-bond acceptors (Lipinski definition) is 2. The van der Waals surface area contributed by atoms with Crippen LogP contribution in [0.4, 0.5) is 13.2 Å². The van der Waals surface area contributed by atoms with E-state index in [1.54, 1.807) is 13.0 Å². The second kappa shape index (κ2) is 6.91. The number of rotatable bonds is 6. The summed E-state index contributed by atoms with van der Waals surface area (Å²) in [4.78, 5) is 0. The molecular weight excluding hydrogens is 255 g/mol. The van der Waals surface area contributed by atoms with E-state index in [0.717, 1.165) is 12.5 Å². The van der Waals surface area contributed by atoms with Crippen LogP contribution in [0.3, 0.4) is 0 Å². The monoisotopic (exact) mass is 275 g/mol. The van der Waals surface area contributed by atoms with Crippen LogP contribution in [0.2, 0.25) is 0 Å². The zero-order valence-electron chi connectivity index (χ0n) is 11.2. The Morgan fingerprint density at radius 2 is 1.84 bits per heavy atom. The van der Waals surface area contributed by atoms with Crippen molar-refractivity contribution in [3.63, 3.8) is 0 Å². The largest absolute Gasteiger partial charge is 0.416 e. The maximum Gasteiger partial charge on any atom is 0.416 e. The number of halogens is 3. The number of alkyl halides is 3. The Kier molecular flexibility index (Phi) is 5.82. The molecule has 0 spiro atoms. The summed E-state index contributed by atoms with van der Waals surface area (Å²) in [6.07, 6.45) is -2.96. The highest BCUT2D eigenvalue weighted by atomic mass is 19.4. The molecule has 19 heavy (non-hydrogen) atoms. The molecule has 0 heterocycles. The molecule has 0 aliphatic carbocycles. The molecule has 0 aromatic heterocycles. The Bertz CT molecular complexity index is 393. The molecule has 0 aliphatic heterocycles. The van der Waals surface area contributed by atoms with Gasteiger partial charge in [-0.1, -0.05) is 18.2 Å². The third-order valence-corrected chi connectivity index (χ3v) is 3.06. The van der Waals surface area contributed by atoms with Gasteiger partial charge < -0.3 is 10.4 Å². The van der Waals surface area contributed by atoms with Crippen LogP contribution in [0.15, 0.2) is 24.3 Å². The van der Waals surface area contributed by atoms with Gasteiger partial charge in [-0.25, -0.2) is 0 Å². The van der Waals surface area contributed by atoms with Crippen LogP contribution in [0.1, 0.15) is 43.9 Å². The van der Waals surface area contributed by atoms with Crippen molar-refractivity contribution < 1.29 is 18.3 Å². The van der Waals surface area contributed by atoms with E-state index in [-0.39, 0.29) is 24.3 Å². The third kappa shape index (κ3) is 4.84. The van der Waals surface area contributed by atoms with Gasteiger partial charge in [-0.05, 0) is 38.3 Å². The zero-order chi connectivity index (χ0) is 14.5. The van der Waals surface area contributed by atoms with Gasteiger partial charge >= 0.3 is 6.18 Å². The molecule has 2 unspecified atom stereocenters. The topological polar surface area (TPSA) is 32.3 Å². The molecule has 2 N–H and O–H groups in total. The van der Waals surface area contributed by atoms with E-state index < -0.39 is 11.7 Å². The SMILES string of the molecule is CC(CCCO)NC(C)c1ccccc1C(F)(F)F. The van der Waals surface area contributed by atoms with Gasteiger partial charge in [0.05, 0.1) is 5.56 Å². The summed E-state index contributed by atoms with van der Waals surface area (Å²) in [6.45, 7) is 3.72. The molecule has 0 aliphatic rings. The van der Waals surface area contributed by atoms with Crippen LogP contribution in [-0.2, 0) is 6.18 Å². The van der Waals surface area contributed by atoms with E-state index in [9.17, 15) is 13.2 Å². The van der Waals surface area contributed by atoms with Gasteiger partial charge in [-0.3, -0.25) is 0 Å². The highest BCUT2D eigenvalue weighted by Gasteiger charge is 2.34. The van der Waals surface area contributed by atoms with Crippen LogP contribution in [0, 0.1) is 0 Å². The number of aliphatic hydroxyl groups is 1. The predicted octanol–water partition coefficient (Wildman–Crippen LogP) is 3.52. The molecule has 1 aromatic carbocycles. The quantitative estimate of drug-likeness (QED) is 0.832. The molecule has 0 saturated heterocycles. The van der Waals surface area contributed by atoms with E-state index in [0.29, 0.717) is 6.42 Å². The number of benzene rings is 1. The summed E-state index contributed by atoms with van der Waals surface area (Å²) in [7, 11) is 0. The molecular formula is C14H20F3NO. The first-order valence-corrected chi connectivity index (χ1v) is 6.39. The molecule has 0 radical (unpaired) electrons. The summed E-state index contributed by atoms with van der Waals surface area (Å²) in [5.74, 6) is 0. The lowest BCUT2D eigenvalue weighted by atomic mass is 10.00. The predicted molar refractivity (Wildman–Crippen MR) is 68.8 cm³/mol. The number of aliphatic hydroxyl groups excluding tert-OH is 1. The van der Waals surface area contributed by atoms with Crippen LogP contribution in [0.5, 0.6) is 0 Å². The number of hydrogen-bond donors (Lipinski definition) is 2. The van der Waals surface area contributed by atoms with Gasteiger partial charge in [0.15, 0.2) is 0 Å². The second-order valence-corrected chi connectivity index (χ2v) is 4.74. The lowest BCUT2D eigenvalue weighted by Gasteiger charge is -2.23. The van der Waals surface area contributed by atoms with E-state index >= 15 is 0 Å². The van der Waals surface area contributed by atoms with E-state index in [1.165, 1.54) is 12.1 Å². The van der Waals surface area contributed by atoms with Gasteiger partial charge in [0.2, 0.25) is 0 Å². The van der Waals surface area contributed by atoms with E-state index in [4.69, 9.17) is 5.11 Å². The summed E-state index contributed by atoms with van der Waals surface area (Å²) >= 11 is 0. The molecule has 2 nitrogen and oxygen atoms in total. The summed E-state index contributed by atoms with van der Waals surface area (Å²) in [6, 6.07) is 5.29. The van der Waals surface area contributed by atoms with Crippen LogP contribution >= 0.6 is 0 Å². The molecule has 1 rings (SSSR count). The van der Waals surface area contributed by atoms with Crippen molar-refractivity contribution in [2.75, 3.05) is 6.61 Å². The zero-order valence-corrected chi connectivity index (χ0v) is 11.2. The lowest BCUT2D eigenvalue weighted by Crippen LogP contribution is -2.30. The lowest BCUT2D eigenvalue weighted by molar-refractivity contribution is -0.138. The van der Waals surface area contributed by atoms with Gasteiger partial charge in [-0.2, -0.15) is 13.2 Å². The fourth-order valence-corrected chi connectivity index (χ4v) is 2.13. The molecule has 1 aromatic rings. The van der Waals surface area contributed by atoms with E-state index in [2.05, 4.69) is 5.32 Å². The van der Waals surface area contributed by atoms with Crippen molar-refractivity contribution >= 4 is 0 Å². The summed E-state index contributed by atoms with van der Waals surface area (Å²) in [5.41, 5.74) is -0.338. The fourth-order valence-electron chi connectivity index (χ4n) is 2.13. The Morgan fingerprint density at radius 3 is 2.42 bits per heavy atom. The van der Waals surface area contributed by atoms with Crippen molar-refractivity contribution in [2.24, 2.45) is 0 Å². The number of nitrogens with one attached hydrogen (secondary N) is 1. The van der Waals surface area contributed by atoms with Crippen LogP contribution in [-0.4, -0.2) is 17.8 Å². The minimum atomic E-state index is -4.33. The summed E-state index contributed by atoms with van der Waals surface area (Å²) < 4.78 is 38.7. The van der Waals surface area contributed by atoms with Crippen molar-refractivity contribution in [3.05, 3.63) is 35.4 Å². The Morgan fingerprint density at radius 1 is 1.21 bits per heavy atom. The molecule has 0 fully saturated rings. The first-order valence-electron chi connectivity index (χ1n) is 6.39. The fraction of sp³-hybridized carbons (Fsp3) is 0.571. The normalized spacial score (nSPS) is 15.3. The molecule has 108 valence electrons. The Labute approximate surface area is 111 Å². The van der Waals surface area contributed by atoms with Crippen molar-refractivity contribution in [2.45, 2.75) is 44.9 Å². The highest BCUT2D eigenvalue weighted by Crippen LogP contribution is 2.34. The first-order chi connectivity index (χ1) is 8.86. The molecule has 0 bridgehead atoms. The molecule has 5 heteroatoms. The van der Waals surface area contributed by atoms with Crippen molar-refractivity contribution in [3.8, 4) is 0 Å². The molecule has 0 amide bonds. The van der Waals surface area contributed by atoms with Crippen LogP contribution in [0.25, 0.3) is 0 Å². The van der Waals surface area contributed by atoms with Crippen molar-refractivity contribution in [1.82, 2.24) is 5.32 Å². The van der Waals surface area contributed by atoms with Gasteiger partial charge in [0.1, 0.15) is 0 Å². The Balaban J connectivity index is 2.79. The standard InChI is InChI=1S/C14H20F3NO/c1-10(6-5-9-19)18-11(2)12-7-3-4-8-13(12)14(15,16)17/h3-4,7-8,10-11,18-19H,5-6,9H2,1-2H3. The summed E-state index contributed by atoms with van der Waals surface area (Å²) in [5, 5.41) is 11.9. The van der Waals surface area contributed by atoms with Crippen molar-refractivity contribution in [1.29, 1.82) is 0 Å². The second-order valence-electron chi connectivity index (χ2n) is 4.74. The van der Waals surface area contributed by atoms with Gasteiger partial charge in [0.25, 0.3) is 0 Å². The highest BCUT2D eigenvalue weighted by molar-refractivity contribution is 5.32. The minimum Gasteiger partial charge on any atom is -0.396 e. The third-order valence-electron chi connectivity index (χ3n) is 3.06. The average Bonchev–Trinajstić information content (AvgIpc) is 2.35. The maximum atomic E-state index is 12.9. The Hall–Kier alpha value is -1.07. The maximum absolute atomic E-state index is 12.9. The van der Waals surface area contributed by atoms with E-state index in [1.807, 2.05) is 6.92 Å². The molecule has 0 saturated carbocycles. The van der Waals surface area contributed by atoms with Gasteiger partial charge in [0, 0.05) is 18.7 Å². The average molecular weight is 275 g/mol. The molecule has 2 atom stereocenters. The van der Waals surface area contributed by atoms with Crippen LogP contribution < -0.4 is 5.32 Å². The minimum absolute atomic E-state index is 0.0587. The first kappa shape index (κ1) is 16.0.